The fraction of sp³-hybridized carbons (Fsp3) is 0.286. The zero-order valence-electron chi connectivity index (χ0n) is 9.69. The van der Waals surface area contributed by atoms with Gasteiger partial charge in [0, 0.05) is 23.4 Å². The monoisotopic (exact) mass is 230 g/mol. The molecule has 0 saturated heterocycles. The lowest BCUT2D eigenvalue weighted by Gasteiger charge is -2.25. The van der Waals surface area contributed by atoms with Gasteiger partial charge in [0.2, 0.25) is 0 Å². The van der Waals surface area contributed by atoms with Gasteiger partial charge < -0.3 is 0 Å². The molecule has 0 amide bonds. The molecular weight excluding hydrogens is 215 g/mol. The van der Waals surface area contributed by atoms with Crippen molar-refractivity contribution in [2.45, 2.75) is 25.2 Å². The van der Waals surface area contributed by atoms with E-state index < -0.39 is 5.83 Å². The van der Waals surface area contributed by atoms with E-state index in [1.54, 1.807) is 12.3 Å². The Morgan fingerprint density at radius 1 is 1.53 bits per heavy atom. The second kappa shape index (κ2) is 5.04. The molecule has 1 fully saturated rings. The summed E-state index contributed by atoms with van der Waals surface area (Å²) in [6.45, 7) is 6.95. The van der Waals surface area contributed by atoms with E-state index in [-0.39, 0.29) is 0 Å². The second-order valence-corrected chi connectivity index (χ2v) is 4.24. The highest BCUT2D eigenvalue weighted by Crippen LogP contribution is 2.36. The fourth-order valence-corrected chi connectivity index (χ4v) is 1.86. The quantitative estimate of drug-likeness (QED) is 0.569. The van der Waals surface area contributed by atoms with Crippen LogP contribution in [0.25, 0.3) is 5.57 Å². The van der Waals surface area contributed by atoms with Crippen molar-refractivity contribution < 1.29 is 4.39 Å². The molecule has 0 atom stereocenters. The fourth-order valence-electron chi connectivity index (χ4n) is 1.86. The van der Waals surface area contributed by atoms with Gasteiger partial charge in [-0.25, -0.2) is 4.39 Å². The minimum Gasteiger partial charge on any atom is -0.269 e. The number of hydrogen-bond donors (Lipinski definition) is 0. The molecule has 1 aliphatic carbocycles. The lowest BCUT2D eigenvalue weighted by Crippen LogP contribution is -2.10. The third kappa shape index (κ3) is 2.49. The van der Waals surface area contributed by atoms with Gasteiger partial charge in [0.05, 0.1) is 6.20 Å². The largest absolute Gasteiger partial charge is 0.269 e. The van der Waals surface area contributed by atoms with E-state index in [0.717, 1.165) is 17.5 Å². The summed E-state index contributed by atoms with van der Waals surface area (Å²) in [7, 11) is 0. The number of aromatic nitrogens is 1. The zero-order chi connectivity index (χ0) is 12.3. The number of allylic oxidation sites excluding steroid dienone is 2. The highest BCUT2D eigenvalue weighted by atomic mass is 19.1. The summed E-state index contributed by atoms with van der Waals surface area (Å²) < 4.78 is 13.5. The Hall–Kier alpha value is -1.77. The van der Waals surface area contributed by atoms with E-state index in [2.05, 4.69) is 23.3 Å². The molecule has 0 radical (unpaired) electrons. The molecule has 1 aromatic heterocycles. The van der Waals surface area contributed by atoms with Gasteiger partial charge in [-0.3, -0.25) is 9.98 Å². The SMILES string of the molecule is C=N/C=C(/F)C(=C)c1ccnc(C2CCC2)c1. The minimum absolute atomic E-state index is 0.334. The van der Waals surface area contributed by atoms with Crippen molar-refractivity contribution in [2.75, 3.05) is 0 Å². The number of aliphatic imine (C=N–C) groups is 1. The van der Waals surface area contributed by atoms with Crippen LogP contribution in [0.15, 0.2) is 41.9 Å². The van der Waals surface area contributed by atoms with Gasteiger partial charge in [-0.1, -0.05) is 13.0 Å². The highest BCUT2D eigenvalue weighted by molar-refractivity contribution is 5.75. The Labute approximate surface area is 101 Å². The Morgan fingerprint density at radius 2 is 2.29 bits per heavy atom. The third-order valence-electron chi connectivity index (χ3n) is 3.15. The standard InChI is InChI=1S/C14H15FN2/c1-10(13(15)9-16-2)12-6-7-17-14(8-12)11-4-3-5-11/h6-9,11H,1-5H2/b13-9+. The lowest BCUT2D eigenvalue weighted by atomic mass is 9.82. The molecule has 1 heterocycles. The van der Waals surface area contributed by atoms with E-state index in [1.807, 2.05) is 6.07 Å². The van der Waals surface area contributed by atoms with Crippen LogP contribution in [-0.2, 0) is 0 Å². The second-order valence-electron chi connectivity index (χ2n) is 4.24. The Morgan fingerprint density at radius 3 is 2.88 bits per heavy atom. The first-order valence-corrected chi connectivity index (χ1v) is 5.69. The van der Waals surface area contributed by atoms with Crippen LogP contribution in [-0.4, -0.2) is 11.7 Å². The predicted molar refractivity (Wildman–Crippen MR) is 68.6 cm³/mol. The maximum atomic E-state index is 13.5. The zero-order valence-corrected chi connectivity index (χ0v) is 9.69. The van der Waals surface area contributed by atoms with Crippen LogP contribution in [0.3, 0.4) is 0 Å². The van der Waals surface area contributed by atoms with Crippen LogP contribution in [0.5, 0.6) is 0 Å². The molecule has 0 bridgehead atoms. The van der Waals surface area contributed by atoms with E-state index in [4.69, 9.17) is 0 Å². The van der Waals surface area contributed by atoms with E-state index >= 15 is 0 Å². The van der Waals surface area contributed by atoms with Gasteiger partial charge in [0.25, 0.3) is 0 Å². The topological polar surface area (TPSA) is 25.2 Å². The molecule has 0 aliphatic heterocycles. The number of pyridine rings is 1. The van der Waals surface area contributed by atoms with E-state index in [0.29, 0.717) is 11.5 Å². The minimum atomic E-state index is -0.453. The first-order valence-electron chi connectivity index (χ1n) is 5.69. The lowest BCUT2D eigenvalue weighted by molar-refractivity contribution is 0.411. The average molecular weight is 230 g/mol. The van der Waals surface area contributed by atoms with Crippen LogP contribution < -0.4 is 0 Å². The molecule has 88 valence electrons. The molecule has 3 heteroatoms. The van der Waals surface area contributed by atoms with Gasteiger partial charge in [0.1, 0.15) is 5.83 Å². The van der Waals surface area contributed by atoms with Gasteiger partial charge in [-0.2, -0.15) is 0 Å². The molecule has 0 spiro atoms. The van der Waals surface area contributed by atoms with Gasteiger partial charge in [-0.15, -0.1) is 0 Å². The van der Waals surface area contributed by atoms with Gasteiger partial charge >= 0.3 is 0 Å². The summed E-state index contributed by atoms with van der Waals surface area (Å²) in [5.74, 6) is 0.0816. The van der Waals surface area contributed by atoms with Crippen molar-refractivity contribution in [1.29, 1.82) is 0 Å². The first-order chi connectivity index (χ1) is 8.22. The molecule has 0 unspecified atom stereocenters. The van der Waals surface area contributed by atoms with Gasteiger partial charge in [-0.05, 0) is 37.3 Å². The summed E-state index contributed by atoms with van der Waals surface area (Å²) in [6.07, 6.45) is 6.39. The van der Waals surface area contributed by atoms with Crippen LogP contribution in [0.2, 0.25) is 0 Å². The third-order valence-corrected chi connectivity index (χ3v) is 3.15. The average Bonchev–Trinajstić information content (AvgIpc) is 2.26. The molecule has 17 heavy (non-hydrogen) atoms. The van der Waals surface area contributed by atoms with Crippen molar-refractivity contribution in [1.82, 2.24) is 4.98 Å². The van der Waals surface area contributed by atoms with Crippen molar-refractivity contribution >= 4 is 12.3 Å². The molecular formula is C14H15FN2. The number of hydrogen-bond acceptors (Lipinski definition) is 2. The smallest absolute Gasteiger partial charge is 0.148 e. The van der Waals surface area contributed by atoms with Crippen molar-refractivity contribution in [3.05, 3.63) is 48.2 Å². The van der Waals surface area contributed by atoms with Crippen LogP contribution in [0, 0.1) is 0 Å². The molecule has 2 nitrogen and oxygen atoms in total. The summed E-state index contributed by atoms with van der Waals surface area (Å²) in [5.41, 5.74) is 2.13. The number of rotatable bonds is 4. The molecule has 1 aromatic rings. The van der Waals surface area contributed by atoms with Crippen LogP contribution in [0.4, 0.5) is 4.39 Å². The summed E-state index contributed by atoms with van der Waals surface area (Å²) >= 11 is 0. The first kappa shape index (κ1) is 11.7. The summed E-state index contributed by atoms with van der Waals surface area (Å²) in [5, 5.41) is 0. The Kier molecular flexibility index (Phi) is 3.47. The maximum absolute atomic E-state index is 13.5. The van der Waals surface area contributed by atoms with Crippen LogP contribution >= 0.6 is 0 Å². The normalized spacial score (nSPS) is 16.4. The maximum Gasteiger partial charge on any atom is 0.148 e. The molecule has 1 aliphatic rings. The van der Waals surface area contributed by atoms with Crippen molar-refractivity contribution in [3.63, 3.8) is 0 Å². The van der Waals surface area contributed by atoms with Crippen LogP contribution in [0.1, 0.15) is 36.4 Å². The predicted octanol–water partition coefficient (Wildman–Crippen LogP) is 3.87. The van der Waals surface area contributed by atoms with Crippen molar-refractivity contribution in [2.24, 2.45) is 4.99 Å². The van der Waals surface area contributed by atoms with E-state index in [9.17, 15) is 4.39 Å². The highest BCUT2D eigenvalue weighted by Gasteiger charge is 2.21. The Bertz CT molecular complexity index is 473. The number of nitrogens with zero attached hydrogens (tertiary/aromatic N) is 2. The number of halogens is 1. The molecule has 0 aromatic carbocycles. The van der Waals surface area contributed by atoms with Crippen molar-refractivity contribution in [3.8, 4) is 0 Å². The Balaban J connectivity index is 2.23. The summed E-state index contributed by atoms with van der Waals surface area (Å²) in [4.78, 5) is 7.73. The molecule has 1 saturated carbocycles. The summed E-state index contributed by atoms with van der Waals surface area (Å²) in [6, 6.07) is 3.68. The molecule has 2 rings (SSSR count). The van der Waals surface area contributed by atoms with Gasteiger partial charge in [0.15, 0.2) is 0 Å². The molecule has 0 N–H and O–H groups in total. The van der Waals surface area contributed by atoms with E-state index in [1.165, 1.54) is 19.3 Å².